The molecule has 0 aliphatic rings. The Morgan fingerprint density at radius 3 is 2.73 bits per heavy atom. The van der Waals surface area contributed by atoms with E-state index in [9.17, 15) is 0 Å². The van der Waals surface area contributed by atoms with Crippen LogP contribution in [0.4, 0.5) is 0 Å². The molecule has 0 atom stereocenters. The lowest BCUT2D eigenvalue weighted by atomic mass is 10.1. The fourth-order valence-electron chi connectivity index (χ4n) is 1.30. The summed E-state index contributed by atoms with van der Waals surface area (Å²) in [5.41, 5.74) is 1.15. The number of hydrogen-bond donors (Lipinski definition) is 1. The summed E-state index contributed by atoms with van der Waals surface area (Å²) >= 11 is 0. The lowest BCUT2D eigenvalue weighted by Gasteiger charge is -2.09. The van der Waals surface area contributed by atoms with Crippen molar-refractivity contribution in [3.05, 3.63) is 12.2 Å². The molecule has 2 heteroatoms. The number of nitrogens with one attached hydrogen (secondary N) is 1. The van der Waals surface area contributed by atoms with Gasteiger partial charge >= 0.3 is 0 Å². The zero-order chi connectivity index (χ0) is 11.5. The molecular weight excluding hydrogens is 186 g/mol. The van der Waals surface area contributed by atoms with Crippen molar-refractivity contribution in [1.29, 1.82) is 0 Å². The number of hydrogen-bond acceptors (Lipinski definition) is 2. The van der Waals surface area contributed by atoms with Crippen LogP contribution in [0.5, 0.6) is 0 Å². The Morgan fingerprint density at radius 2 is 2.13 bits per heavy atom. The average molecular weight is 213 g/mol. The molecule has 0 saturated carbocycles. The second kappa shape index (κ2) is 10.2. The lowest BCUT2D eigenvalue weighted by molar-refractivity contribution is 0.147. The summed E-state index contributed by atoms with van der Waals surface area (Å²) in [5, 5.41) is 3.31. The van der Waals surface area contributed by atoms with E-state index in [0.717, 1.165) is 37.6 Å². The van der Waals surface area contributed by atoms with Gasteiger partial charge in [0.15, 0.2) is 0 Å². The molecule has 0 bridgehead atoms. The van der Waals surface area contributed by atoms with Crippen molar-refractivity contribution < 1.29 is 4.74 Å². The summed E-state index contributed by atoms with van der Waals surface area (Å²) in [7, 11) is 0. The highest BCUT2D eigenvalue weighted by atomic mass is 16.5. The summed E-state index contributed by atoms with van der Waals surface area (Å²) in [4.78, 5) is 0. The summed E-state index contributed by atoms with van der Waals surface area (Å²) in [6.07, 6.45) is 3.58. The first kappa shape index (κ1) is 14.7. The van der Waals surface area contributed by atoms with Crippen LogP contribution in [0.15, 0.2) is 12.2 Å². The SMILES string of the molecule is C=C(CNCCC)COCCCC(C)C. The number of rotatable bonds is 10. The van der Waals surface area contributed by atoms with Crippen LogP contribution < -0.4 is 5.32 Å². The number of ether oxygens (including phenoxy) is 1. The molecule has 0 unspecified atom stereocenters. The Kier molecular flexibility index (Phi) is 9.96. The molecule has 90 valence electrons. The van der Waals surface area contributed by atoms with E-state index < -0.39 is 0 Å². The highest BCUT2D eigenvalue weighted by molar-refractivity contribution is 4.96. The maximum Gasteiger partial charge on any atom is 0.0686 e. The maximum atomic E-state index is 5.54. The van der Waals surface area contributed by atoms with Crippen molar-refractivity contribution in [2.24, 2.45) is 5.92 Å². The predicted molar refractivity (Wildman–Crippen MR) is 67.2 cm³/mol. The average Bonchev–Trinajstić information content (AvgIpc) is 2.17. The van der Waals surface area contributed by atoms with Crippen LogP contribution in [-0.4, -0.2) is 26.3 Å². The van der Waals surface area contributed by atoms with Crippen LogP contribution in [0.2, 0.25) is 0 Å². The molecule has 1 N–H and O–H groups in total. The summed E-state index contributed by atoms with van der Waals surface area (Å²) in [6.45, 7) is 14.1. The van der Waals surface area contributed by atoms with E-state index in [1.807, 2.05) is 0 Å². The third-order valence-electron chi connectivity index (χ3n) is 2.18. The van der Waals surface area contributed by atoms with Crippen LogP contribution >= 0.6 is 0 Å². The Morgan fingerprint density at radius 1 is 1.40 bits per heavy atom. The van der Waals surface area contributed by atoms with Crippen LogP contribution in [-0.2, 0) is 4.74 Å². The highest BCUT2D eigenvalue weighted by Gasteiger charge is 1.96. The molecule has 0 radical (unpaired) electrons. The molecule has 0 rings (SSSR count). The fraction of sp³-hybridized carbons (Fsp3) is 0.846. The summed E-state index contributed by atoms with van der Waals surface area (Å²) in [6, 6.07) is 0. The summed E-state index contributed by atoms with van der Waals surface area (Å²) < 4.78 is 5.54. The van der Waals surface area contributed by atoms with Gasteiger partial charge in [-0.25, -0.2) is 0 Å². The van der Waals surface area contributed by atoms with Crippen molar-refractivity contribution in [3.8, 4) is 0 Å². The summed E-state index contributed by atoms with van der Waals surface area (Å²) in [5.74, 6) is 0.781. The van der Waals surface area contributed by atoms with E-state index in [4.69, 9.17) is 4.74 Å². The first-order chi connectivity index (χ1) is 7.16. The van der Waals surface area contributed by atoms with E-state index in [1.54, 1.807) is 0 Å². The molecule has 0 spiro atoms. The molecular formula is C13H27NO. The molecule has 0 aromatic rings. The van der Waals surface area contributed by atoms with Crippen LogP contribution in [0.1, 0.15) is 40.0 Å². The van der Waals surface area contributed by atoms with Crippen LogP contribution in [0.25, 0.3) is 0 Å². The minimum Gasteiger partial charge on any atom is -0.377 e. The molecule has 0 saturated heterocycles. The van der Waals surface area contributed by atoms with Crippen LogP contribution in [0.3, 0.4) is 0 Å². The van der Waals surface area contributed by atoms with Gasteiger partial charge in [-0.1, -0.05) is 27.4 Å². The third kappa shape index (κ3) is 11.6. The van der Waals surface area contributed by atoms with Gasteiger partial charge in [0.2, 0.25) is 0 Å². The molecule has 0 heterocycles. The monoisotopic (exact) mass is 213 g/mol. The van der Waals surface area contributed by atoms with Crippen molar-refractivity contribution in [1.82, 2.24) is 5.32 Å². The molecule has 0 aromatic heterocycles. The van der Waals surface area contributed by atoms with E-state index >= 15 is 0 Å². The van der Waals surface area contributed by atoms with E-state index in [2.05, 4.69) is 32.7 Å². The minimum atomic E-state index is 0.703. The molecule has 0 aliphatic heterocycles. The zero-order valence-electron chi connectivity index (χ0n) is 10.6. The lowest BCUT2D eigenvalue weighted by Crippen LogP contribution is -2.19. The van der Waals surface area contributed by atoms with E-state index in [0.29, 0.717) is 6.61 Å². The van der Waals surface area contributed by atoms with Crippen molar-refractivity contribution >= 4 is 0 Å². The fourth-order valence-corrected chi connectivity index (χ4v) is 1.30. The van der Waals surface area contributed by atoms with Gasteiger partial charge in [-0.15, -0.1) is 0 Å². The third-order valence-corrected chi connectivity index (χ3v) is 2.18. The smallest absolute Gasteiger partial charge is 0.0686 e. The molecule has 2 nitrogen and oxygen atoms in total. The zero-order valence-corrected chi connectivity index (χ0v) is 10.6. The van der Waals surface area contributed by atoms with Gasteiger partial charge in [0.1, 0.15) is 0 Å². The molecule has 15 heavy (non-hydrogen) atoms. The highest BCUT2D eigenvalue weighted by Crippen LogP contribution is 2.03. The minimum absolute atomic E-state index is 0.703. The quantitative estimate of drug-likeness (QED) is 0.445. The van der Waals surface area contributed by atoms with E-state index in [-0.39, 0.29) is 0 Å². The Balaban J connectivity index is 3.17. The topological polar surface area (TPSA) is 21.3 Å². The van der Waals surface area contributed by atoms with Gasteiger partial charge in [0.25, 0.3) is 0 Å². The first-order valence-corrected chi connectivity index (χ1v) is 6.12. The van der Waals surface area contributed by atoms with Gasteiger partial charge in [0, 0.05) is 13.2 Å². The Hall–Kier alpha value is -0.340. The molecule has 0 aromatic carbocycles. The first-order valence-electron chi connectivity index (χ1n) is 6.12. The molecule has 0 fully saturated rings. The molecule has 0 amide bonds. The van der Waals surface area contributed by atoms with Gasteiger partial charge in [-0.05, 0) is 37.3 Å². The second-order valence-electron chi connectivity index (χ2n) is 4.52. The predicted octanol–water partition coefficient (Wildman–Crippen LogP) is 3.00. The normalized spacial score (nSPS) is 10.9. The molecule has 0 aliphatic carbocycles. The Bertz CT molecular complexity index is 155. The maximum absolute atomic E-state index is 5.54. The largest absolute Gasteiger partial charge is 0.377 e. The van der Waals surface area contributed by atoms with Gasteiger partial charge in [-0.3, -0.25) is 0 Å². The van der Waals surface area contributed by atoms with E-state index in [1.165, 1.54) is 12.8 Å². The van der Waals surface area contributed by atoms with Crippen molar-refractivity contribution in [3.63, 3.8) is 0 Å². The van der Waals surface area contributed by atoms with Crippen LogP contribution in [0, 0.1) is 5.92 Å². The van der Waals surface area contributed by atoms with Crippen molar-refractivity contribution in [2.75, 3.05) is 26.3 Å². The van der Waals surface area contributed by atoms with Gasteiger partial charge in [0.05, 0.1) is 6.61 Å². The van der Waals surface area contributed by atoms with Crippen molar-refractivity contribution in [2.45, 2.75) is 40.0 Å². The Labute approximate surface area is 95.1 Å². The van der Waals surface area contributed by atoms with Gasteiger partial charge < -0.3 is 10.1 Å². The second-order valence-corrected chi connectivity index (χ2v) is 4.52. The standard InChI is InChI=1S/C13H27NO/c1-5-8-14-10-13(4)11-15-9-6-7-12(2)3/h12,14H,4-11H2,1-3H3. The van der Waals surface area contributed by atoms with Gasteiger partial charge in [-0.2, -0.15) is 0 Å².